The minimum Gasteiger partial charge on any atom is -0.322 e. The summed E-state index contributed by atoms with van der Waals surface area (Å²) in [7, 11) is 0. The van der Waals surface area contributed by atoms with Gasteiger partial charge in [-0.2, -0.15) is 0 Å². The van der Waals surface area contributed by atoms with Crippen LogP contribution in [-0.2, 0) is 22.7 Å². The first-order chi connectivity index (χ1) is 16.5. The molecule has 2 aromatic rings. The van der Waals surface area contributed by atoms with Gasteiger partial charge in [-0.15, -0.1) is 12.4 Å². The highest BCUT2D eigenvalue weighted by Gasteiger charge is 2.39. The Labute approximate surface area is 209 Å². The van der Waals surface area contributed by atoms with Gasteiger partial charge in [0.05, 0.1) is 0 Å². The van der Waals surface area contributed by atoms with E-state index in [4.69, 9.17) is 0 Å². The quantitative estimate of drug-likeness (QED) is 0.540. The molecule has 3 heterocycles. The number of piperidine rings is 1. The van der Waals surface area contributed by atoms with E-state index >= 15 is 0 Å². The van der Waals surface area contributed by atoms with E-state index in [1.165, 1.54) is 10.5 Å². The number of carbonyl (C=O) groups excluding carboxylic acids is 4. The third kappa shape index (κ3) is 5.37. The van der Waals surface area contributed by atoms with E-state index in [2.05, 4.69) is 20.9 Å². The van der Waals surface area contributed by atoms with Crippen LogP contribution in [0.15, 0.2) is 42.5 Å². The monoisotopic (exact) mass is 497 g/mol. The van der Waals surface area contributed by atoms with Crippen LogP contribution in [-0.4, -0.2) is 65.6 Å². The smallest absolute Gasteiger partial charge is 0.255 e. The van der Waals surface area contributed by atoms with Gasteiger partial charge in [0, 0.05) is 62.5 Å². The van der Waals surface area contributed by atoms with Gasteiger partial charge in [0.15, 0.2) is 0 Å². The van der Waals surface area contributed by atoms with E-state index < -0.39 is 11.9 Å². The van der Waals surface area contributed by atoms with E-state index in [1.54, 1.807) is 18.2 Å². The second-order valence-electron chi connectivity index (χ2n) is 8.95. The minimum absolute atomic E-state index is 0. The highest BCUT2D eigenvalue weighted by atomic mass is 35.5. The molecule has 2 aromatic carbocycles. The van der Waals surface area contributed by atoms with Gasteiger partial charge in [-0.05, 0) is 47.9 Å². The van der Waals surface area contributed by atoms with Gasteiger partial charge in [0.1, 0.15) is 6.04 Å². The van der Waals surface area contributed by atoms with Crippen molar-refractivity contribution in [1.82, 2.24) is 20.4 Å². The van der Waals surface area contributed by atoms with Crippen molar-refractivity contribution < 1.29 is 19.2 Å². The number of carbonyl (C=O) groups is 4. The summed E-state index contributed by atoms with van der Waals surface area (Å²) in [4.78, 5) is 53.1. The van der Waals surface area contributed by atoms with E-state index in [0.717, 1.165) is 38.3 Å². The van der Waals surface area contributed by atoms with E-state index in [0.29, 0.717) is 23.2 Å². The predicted molar refractivity (Wildman–Crippen MR) is 132 cm³/mol. The zero-order valence-corrected chi connectivity index (χ0v) is 20.0. The van der Waals surface area contributed by atoms with Crippen molar-refractivity contribution in [2.24, 2.45) is 0 Å². The number of anilines is 1. The molecule has 10 heteroatoms. The molecule has 3 aliphatic heterocycles. The summed E-state index contributed by atoms with van der Waals surface area (Å²) in [6, 6.07) is 12.1. The first-order valence-electron chi connectivity index (χ1n) is 11.6. The molecule has 1 unspecified atom stereocenters. The highest BCUT2D eigenvalue weighted by molar-refractivity contribution is 6.07. The lowest BCUT2D eigenvalue weighted by Crippen LogP contribution is -2.52. The lowest BCUT2D eigenvalue weighted by atomic mass is 10.0. The third-order valence-electron chi connectivity index (χ3n) is 6.61. The maximum absolute atomic E-state index is 12.8. The summed E-state index contributed by atoms with van der Waals surface area (Å²) in [6.07, 6.45) is 0.532. The minimum atomic E-state index is -0.657. The van der Waals surface area contributed by atoms with Crippen LogP contribution in [0.3, 0.4) is 0 Å². The van der Waals surface area contributed by atoms with E-state index in [1.807, 2.05) is 24.3 Å². The second kappa shape index (κ2) is 10.6. The standard InChI is InChI=1S/C25H27N5O4.ClH/c31-22-8-7-21(24(33)28-22)30-15-18-13-19(5-6-20(18)25(30)34)27-23(32)17-3-1-16(2-4-17)14-29-11-9-26-10-12-29;/h1-6,13,21,26H,7-12,14-15H2,(H,27,32)(H,28,31,33);1H. The van der Waals surface area contributed by atoms with Crippen LogP contribution in [0.25, 0.3) is 0 Å². The number of benzene rings is 2. The summed E-state index contributed by atoms with van der Waals surface area (Å²) < 4.78 is 0. The number of hydrogen-bond acceptors (Lipinski definition) is 6. The van der Waals surface area contributed by atoms with Crippen molar-refractivity contribution in [2.45, 2.75) is 32.0 Å². The molecule has 0 aromatic heterocycles. The molecule has 3 N–H and O–H groups in total. The largest absolute Gasteiger partial charge is 0.322 e. The first kappa shape index (κ1) is 24.8. The molecule has 9 nitrogen and oxygen atoms in total. The molecule has 3 aliphatic rings. The lowest BCUT2D eigenvalue weighted by molar-refractivity contribution is -0.136. The average molecular weight is 498 g/mol. The molecule has 0 bridgehead atoms. The first-order valence-corrected chi connectivity index (χ1v) is 11.6. The molecule has 35 heavy (non-hydrogen) atoms. The number of fused-ring (bicyclic) bond motifs is 1. The summed E-state index contributed by atoms with van der Waals surface area (Å²) >= 11 is 0. The van der Waals surface area contributed by atoms with Crippen LogP contribution in [0, 0.1) is 0 Å². The fraction of sp³-hybridized carbons (Fsp3) is 0.360. The summed E-state index contributed by atoms with van der Waals surface area (Å²) in [5, 5.41) is 8.55. The maximum atomic E-state index is 12.8. The van der Waals surface area contributed by atoms with Gasteiger partial charge < -0.3 is 15.5 Å². The number of piperazine rings is 1. The van der Waals surface area contributed by atoms with Crippen molar-refractivity contribution >= 4 is 41.7 Å². The molecule has 0 radical (unpaired) electrons. The lowest BCUT2D eigenvalue weighted by Gasteiger charge is -2.29. The summed E-state index contributed by atoms with van der Waals surface area (Å²) in [5.41, 5.74) is 3.58. The molecule has 2 saturated heterocycles. The van der Waals surface area contributed by atoms with Crippen LogP contribution in [0.1, 0.15) is 44.7 Å². The normalized spacial score (nSPS) is 20.2. The van der Waals surface area contributed by atoms with Crippen molar-refractivity contribution in [2.75, 3.05) is 31.5 Å². The van der Waals surface area contributed by atoms with Crippen molar-refractivity contribution in [1.29, 1.82) is 0 Å². The Morgan fingerprint density at radius 1 is 1.03 bits per heavy atom. The molecule has 0 aliphatic carbocycles. The Kier molecular flexibility index (Phi) is 7.49. The Balaban J connectivity index is 0.00000289. The van der Waals surface area contributed by atoms with Crippen LogP contribution < -0.4 is 16.0 Å². The summed E-state index contributed by atoms with van der Waals surface area (Å²) in [5.74, 6) is -1.21. The fourth-order valence-corrected chi connectivity index (χ4v) is 4.74. The fourth-order valence-electron chi connectivity index (χ4n) is 4.74. The number of rotatable bonds is 5. The maximum Gasteiger partial charge on any atom is 0.255 e. The van der Waals surface area contributed by atoms with E-state index in [9.17, 15) is 19.2 Å². The SMILES string of the molecule is Cl.O=C1CCC(N2Cc3cc(NC(=O)c4ccc(CN5CCNCC5)cc4)ccc3C2=O)C(=O)N1. The summed E-state index contributed by atoms with van der Waals surface area (Å²) in [6.45, 7) is 5.17. The Morgan fingerprint density at radius 2 is 1.77 bits per heavy atom. The van der Waals surface area contributed by atoms with Gasteiger partial charge >= 0.3 is 0 Å². The number of hydrogen-bond donors (Lipinski definition) is 3. The Bertz CT molecular complexity index is 1150. The number of nitrogens with zero attached hydrogens (tertiary/aromatic N) is 2. The van der Waals surface area contributed by atoms with Crippen LogP contribution in [0.2, 0.25) is 0 Å². The topological polar surface area (TPSA) is 111 Å². The molecule has 5 rings (SSSR count). The van der Waals surface area contributed by atoms with Crippen molar-refractivity contribution in [3.05, 3.63) is 64.7 Å². The molecule has 2 fully saturated rings. The average Bonchev–Trinajstić information content (AvgIpc) is 3.15. The van der Waals surface area contributed by atoms with Crippen molar-refractivity contribution in [3.8, 4) is 0 Å². The van der Waals surface area contributed by atoms with Gasteiger partial charge in [0.25, 0.3) is 11.8 Å². The van der Waals surface area contributed by atoms with Gasteiger partial charge in [-0.3, -0.25) is 29.4 Å². The molecular formula is C25H28ClN5O4. The molecule has 0 saturated carbocycles. The van der Waals surface area contributed by atoms with Crippen molar-refractivity contribution in [3.63, 3.8) is 0 Å². The molecule has 184 valence electrons. The molecule has 0 spiro atoms. The molecule has 4 amide bonds. The highest BCUT2D eigenvalue weighted by Crippen LogP contribution is 2.29. The van der Waals surface area contributed by atoms with Gasteiger partial charge in [0.2, 0.25) is 11.8 Å². The van der Waals surface area contributed by atoms with Gasteiger partial charge in [-0.25, -0.2) is 0 Å². The molecular weight excluding hydrogens is 470 g/mol. The number of nitrogens with one attached hydrogen (secondary N) is 3. The Morgan fingerprint density at radius 3 is 2.49 bits per heavy atom. The van der Waals surface area contributed by atoms with Crippen LogP contribution in [0.4, 0.5) is 5.69 Å². The number of halogens is 1. The second-order valence-corrected chi connectivity index (χ2v) is 8.95. The van der Waals surface area contributed by atoms with Crippen LogP contribution in [0.5, 0.6) is 0 Å². The number of amides is 4. The predicted octanol–water partition coefficient (Wildman–Crippen LogP) is 1.53. The Hall–Kier alpha value is -3.27. The van der Waals surface area contributed by atoms with Gasteiger partial charge in [-0.1, -0.05) is 12.1 Å². The van der Waals surface area contributed by atoms with E-state index in [-0.39, 0.29) is 43.1 Å². The zero-order chi connectivity index (χ0) is 23.7. The molecule has 1 atom stereocenters. The zero-order valence-electron chi connectivity index (χ0n) is 19.2. The third-order valence-corrected chi connectivity index (χ3v) is 6.61. The van der Waals surface area contributed by atoms with Crippen LogP contribution >= 0.6 is 12.4 Å². The number of imide groups is 1.